The minimum atomic E-state index is -1.36. The monoisotopic (exact) mass is 604 g/mol. The van der Waals surface area contributed by atoms with E-state index in [9.17, 15) is 34.2 Å². The van der Waals surface area contributed by atoms with Gasteiger partial charge in [-0.2, -0.15) is 0 Å². The van der Waals surface area contributed by atoms with Crippen molar-refractivity contribution in [3.05, 3.63) is 95.1 Å². The van der Waals surface area contributed by atoms with Gasteiger partial charge in [0.05, 0.1) is 17.5 Å². The first kappa shape index (κ1) is 32.8. The number of amides is 1. The fraction of sp³-hybridized carbons (Fsp3) is 0.226. The lowest BCUT2D eigenvalue weighted by molar-refractivity contribution is -0.142. The highest BCUT2D eigenvalue weighted by Gasteiger charge is 2.34. The maximum atomic E-state index is 13.3. The lowest BCUT2D eigenvalue weighted by Crippen LogP contribution is -2.47. The normalized spacial score (nSPS) is 11.2. The number of guanidine groups is 1. The summed E-state index contributed by atoms with van der Waals surface area (Å²) < 4.78 is 10.8. The van der Waals surface area contributed by atoms with Gasteiger partial charge in [-0.1, -0.05) is 38.1 Å². The SMILES string of the molecule is CC(C)C(=O)[C@H](CC(=O)O)N(Cc1cccc(C(=O)O)c1)C(=O)OCc1ccc(OC(=O)c2ccc(NC(=N)N)cc2)cc1. The number of hydrogen-bond donors (Lipinski definition) is 5. The van der Waals surface area contributed by atoms with E-state index in [4.69, 9.17) is 20.6 Å². The highest BCUT2D eigenvalue weighted by atomic mass is 16.6. The third-order valence-electron chi connectivity index (χ3n) is 6.30. The second-order valence-electron chi connectivity index (χ2n) is 10.0. The maximum absolute atomic E-state index is 13.3. The number of carboxylic acid groups (broad SMARTS) is 2. The standard InChI is InChI=1S/C31H32N4O9/c1-18(2)27(38)25(15-26(36)37)35(16-20-4-3-5-22(14-20)28(39)40)31(42)43-17-19-6-12-24(13-7-19)44-29(41)21-8-10-23(11-9-21)34-30(32)33/h3-14,18,25H,15-17H2,1-2H3,(H,36,37)(H,39,40)(H4,32,33,34)/t25-/m0/s1. The molecule has 0 aliphatic rings. The molecule has 6 N–H and O–H groups in total. The summed E-state index contributed by atoms with van der Waals surface area (Å²) in [6.07, 6.45) is -1.63. The summed E-state index contributed by atoms with van der Waals surface area (Å²) in [5.74, 6) is -4.21. The fourth-order valence-electron chi connectivity index (χ4n) is 4.11. The van der Waals surface area contributed by atoms with E-state index in [-0.39, 0.29) is 36.0 Å². The Kier molecular flexibility index (Phi) is 11.1. The van der Waals surface area contributed by atoms with Crippen molar-refractivity contribution in [1.82, 2.24) is 4.90 Å². The van der Waals surface area contributed by atoms with Crippen LogP contribution in [0.25, 0.3) is 0 Å². The summed E-state index contributed by atoms with van der Waals surface area (Å²) in [4.78, 5) is 62.8. The number of rotatable bonds is 13. The quantitative estimate of drug-likeness (QED) is 0.0811. The minimum Gasteiger partial charge on any atom is -0.481 e. The average Bonchev–Trinajstić information content (AvgIpc) is 2.98. The Hall–Kier alpha value is -5.72. The third-order valence-corrected chi connectivity index (χ3v) is 6.30. The number of ether oxygens (including phenoxy) is 2. The molecule has 0 aliphatic carbocycles. The Morgan fingerprint density at radius 3 is 2.14 bits per heavy atom. The number of carbonyl (C=O) groups excluding carboxylic acids is 3. The van der Waals surface area contributed by atoms with Gasteiger partial charge in [0.25, 0.3) is 0 Å². The Balaban J connectivity index is 1.72. The molecule has 0 saturated heterocycles. The molecule has 3 aromatic rings. The molecule has 0 aromatic heterocycles. The van der Waals surface area contributed by atoms with Crippen molar-refractivity contribution in [2.75, 3.05) is 5.32 Å². The molecule has 0 unspecified atom stereocenters. The van der Waals surface area contributed by atoms with Crippen molar-refractivity contribution in [3.63, 3.8) is 0 Å². The molecule has 0 spiro atoms. The molecule has 13 heteroatoms. The molecule has 3 rings (SSSR count). The first-order valence-corrected chi connectivity index (χ1v) is 13.4. The molecule has 0 saturated carbocycles. The number of nitrogens with one attached hydrogen (secondary N) is 2. The van der Waals surface area contributed by atoms with E-state index in [0.717, 1.165) is 4.90 Å². The summed E-state index contributed by atoms with van der Waals surface area (Å²) in [6.45, 7) is 2.65. The summed E-state index contributed by atoms with van der Waals surface area (Å²) in [5, 5.41) is 28.7. The number of anilines is 1. The van der Waals surface area contributed by atoms with Gasteiger partial charge in [-0.05, 0) is 59.7 Å². The van der Waals surface area contributed by atoms with Crippen LogP contribution in [0.2, 0.25) is 0 Å². The highest BCUT2D eigenvalue weighted by Crippen LogP contribution is 2.20. The lowest BCUT2D eigenvalue weighted by Gasteiger charge is -2.30. The molecule has 0 heterocycles. The molecule has 44 heavy (non-hydrogen) atoms. The number of esters is 1. The number of carbonyl (C=O) groups is 5. The Labute approximate surface area is 252 Å². The number of aromatic carboxylic acids is 1. The molecule has 0 fully saturated rings. The van der Waals surface area contributed by atoms with E-state index in [1.54, 1.807) is 44.2 Å². The van der Waals surface area contributed by atoms with Gasteiger partial charge in [-0.3, -0.25) is 19.9 Å². The second kappa shape index (κ2) is 15.0. The Morgan fingerprint density at radius 2 is 1.57 bits per heavy atom. The largest absolute Gasteiger partial charge is 0.481 e. The third kappa shape index (κ3) is 9.41. The van der Waals surface area contributed by atoms with Crippen LogP contribution in [-0.2, 0) is 27.5 Å². The topological polar surface area (TPSA) is 209 Å². The van der Waals surface area contributed by atoms with Gasteiger partial charge in [-0.15, -0.1) is 0 Å². The van der Waals surface area contributed by atoms with Crippen molar-refractivity contribution in [2.45, 2.75) is 39.5 Å². The number of Topliss-reactive ketones (excluding diaryl/α,β-unsaturated/α-hetero) is 1. The van der Waals surface area contributed by atoms with Crippen LogP contribution in [0.3, 0.4) is 0 Å². The zero-order chi connectivity index (χ0) is 32.4. The summed E-state index contributed by atoms with van der Waals surface area (Å²) in [6, 6.07) is 16.6. The minimum absolute atomic E-state index is 0.0383. The van der Waals surface area contributed by atoms with E-state index < -0.39 is 48.2 Å². The van der Waals surface area contributed by atoms with Crippen LogP contribution in [0.1, 0.15) is 52.1 Å². The predicted molar refractivity (Wildman–Crippen MR) is 158 cm³/mol. The summed E-state index contributed by atoms with van der Waals surface area (Å²) in [7, 11) is 0. The van der Waals surface area contributed by atoms with Crippen molar-refractivity contribution < 1.29 is 43.7 Å². The summed E-state index contributed by atoms with van der Waals surface area (Å²) >= 11 is 0. The Morgan fingerprint density at radius 1 is 0.909 bits per heavy atom. The first-order chi connectivity index (χ1) is 20.8. The van der Waals surface area contributed by atoms with Crippen LogP contribution < -0.4 is 15.8 Å². The van der Waals surface area contributed by atoms with Crippen molar-refractivity contribution in [1.29, 1.82) is 5.41 Å². The van der Waals surface area contributed by atoms with Gasteiger partial charge in [0.2, 0.25) is 0 Å². The van der Waals surface area contributed by atoms with Crippen LogP contribution in [0.5, 0.6) is 5.75 Å². The Bertz CT molecular complexity index is 1540. The molecule has 3 aromatic carbocycles. The predicted octanol–water partition coefficient (Wildman–Crippen LogP) is 4.12. The highest BCUT2D eigenvalue weighted by molar-refractivity contribution is 5.94. The van der Waals surface area contributed by atoms with Gasteiger partial charge in [-0.25, -0.2) is 14.4 Å². The smallest absolute Gasteiger partial charge is 0.411 e. The van der Waals surface area contributed by atoms with Crippen LogP contribution in [0, 0.1) is 11.3 Å². The second-order valence-corrected chi connectivity index (χ2v) is 10.0. The van der Waals surface area contributed by atoms with Gasteiger partial charge >= 0.3 is 24.0 Å². The first-order valence-electron chi connectivity index (χ1n) is 13.4. The van der Waals surface area contributed by atoms with E-state index in [1.807, 2.05) is 0 Å². The number of benzene rings is 3. The zero-order valence-electron chi connectivity index (χ0n) is 24.0. The number of nitrogens with zero attached hydrogens (tertiary/aromatic N) is 1. The number of ketones is 1. The van der Waals surface area contributed by atoms with Gasteiger partial charge in [0, 0.05) is 18.2 Å². The molecule has 1 amide bonds. The van der Waals surface area contributed by atoms with Crippen LogP contribution in [0.15, 0.2) is 72.8 Å². The van der Waals surface area contributed by atoms with Crippen LogP contribution in [0.4, 0.5) is 10.5 Å². The van der Waals surface area contributed by atoms with E-state index >= 15 is 0 Å². The molecule has 230 valence electrons. The van der Waals surface area contributed by atoms with E-state index in [1.165, 1.54) is 42.5 Å². The zero-order valence-corrected chi connectivity index (χ0v) is 24.0. The molecular formula is C31H32N4O9. The lowest BCUT2D eigenvalue weighted by atomic mass is 9.97. The van der Waals surface area contributed by atoms with Crippen LogP contribution >= 0.6 is 0 Å². The number of nitrogens with two attached hydrogens (primary N) is 1. The number of hydrogen-bond acceptors (Lipinski definition) is 8. The maximum Gasteiger partial charge on any atom is 0.411 e. The molecule has 13 nitrogen and oxygen atoms in total. The van der Waals surface area contributed by atoms with E-state index in [0.29, 0.717) is 16.8 Å². The van der Waals surface area contributed by atoms with E-state index in [2.05, 4.69) is 5.32 Å². The summed E-state index contributed by atoms with van der Waals surface area (Å²) in [5.41, 5.74) is 6.92. The molecule has 0 radical (unpaired) electrons. The molecule has 0 aliphatic heterocycles. The fourth-order valence-corrected chi connectivity index (χ4v) is 4.11. The van der Waals surface area contributed by atoms with Crippen molar-refractivity contribution in [3.8, 4) is 5.75 Å². The van der Waals surface area contributed by atoms with Gasteiger partial charge in [0.1, 0.15) is 18.4 Å². The number of aliphatic carboxylic acids is 1. The van der Waals surface area contributed by atoms with Gasteiger partial charge < -0.3 is 30.7 Å². The molecule has 1 atom stereocenters. The molecular weight excluding hydrogens is 572 g/mol. The average molecular weight is 605 g/mol. The van der Waals surface area contributed by atoms with Crippen molar-refractivity contribution >= 4 is 41.4 Å². The van der Waals surface area contributed by atoms with Crippen molar-refractivity contribution in [2.24, 2.45) is 11.7 Å². The number of carboxylic acids is 2. The van der Waals surface area contributed by atoms with Gasteiger partial charge in [0.15, 0.2) is 11.7 Å². The van der Waals surface area contributed by atoms with Crippen LogP contribution in [-0.4, -0.2) is 56.9 Å². The molecule has 0 bridgehead atoms.